The molecule has 27 heavy (non-hydrogen) atoms. The maximum Gasteiger partial charge on any atom is 0.209 e. The fraction of sp³-hybridized carbons (Fsp3) is 0.261. The summed E-state index contributed by atoms with van der Waals surface area (Å²) in [6.07, 6.45) is 9.03. The van der Waals surface area contributed by atoms with E-state index in [1.807, 2.05) is 44.2 Å². The van der Waals surface area contributed by atoms with Gasteiger partial charge in [-0.05, 0) is 25.6 Å². The van der Waals surface area contributed by atoms with E-state index in [1.165, 1.54) is 0 Å². The molecule has 1 aromatic rings. The minimum absolute atomic E-state index is 0.0551. The first kappa shape index (κ1) is 20.3. The molecule has 1 aliphatic heterocycles. The Morgan fingerprint density at radius 3 is 2.22 bits per heavy atom. The van der Waals surface area contributed by atoms with Crippen LogP contribution in [0.2, 0.25) is 0 Å². The number of rotatable bonds is 8. The normalized spacial score (nSPS) is 15.4. The van der Waals surface area contributed by atoms with Crippen LogP contribution in [0.4, 0.5) is 0 Å². The van der Waals surface area contributed by atoms with Crippen molar-refractivity contribution in [1.29, 1.82) is 0 Å². The van der Waals surface area contributed by atoms with Gasteiger partial charge in [-0.2, -0.15) is 0 Å². The lowest BCUT2D eigenvalue weighted by molar-refractivity contribution is -0.113. The van der Waals surface area contributed by atoms with E-state index in [9.17, 15) is 4.79 Å². The standard InChI is InChI=1S/C23H29N3O/c1-5-10-22(18-24-13-6-2)23(27)20(4)26-16-14-25(15-17-26)19(3)21-11-8-7-9-12-21/h5-13,18,24H,3-4,14-17H2,1-2H3/b10-5+,13-6+,22-18+. The zero-order valence-electron chi connectivity index (χ0n) is 16.3. The van der Waals surface area contributed by atoms with Crippen molar-refractivity contribution in [3.63, 3.8) is 0 Å². The van der Waals surface area contributed by atoms with Gasteiger partial charge in [0.25, 0.3) is 0 Å². The lowest BCUT2D eigenvalue weighted by Crippen LogP contribution is -2.45. The van der Waals surface area contributed by atoms with Crippen molar-refractivity contribution in [3.8, 4) is 0 Å². The molecule has 1 fully saturated rings. The minimum Gasteiger partial charge on any atom is -0.368 e. The van der Waals surface area contributed by atoms with Crippen molar-refractivity contribution >= 4 is 11.5 Å². The first-order valence-corrected chi connectivity index (χ1v) is 9.26. The maximum absolute atomic E-state index is 12.8. The third-order valence-electron chi connectivity index (χ3n) is 4.52. The van der Waals surface area contributed by atoms with Crippen LogP contribution in [0.25, 0.3) is 5.70 Å². The van der Waals surface area contributed by atoms with Gasteiger partial charge in [-0.1, -0.05) is 61.7 Å². The molecule has 0 atom stereocenters. The Balaban J connectivity index is 1.98. The Labute approximate surface area is 162 Å². The summed E-state index contributed by atoms with van der Waals surface area (Å²) in [5, 5.41) is 3.00. The summed E-state index contributed by atoms with van der Waals surface area (Å²) in [6.45, 7) is 15.2. The Morgan fingerprint density at radius 2 is 1.63 bits per heavy atom. The van der Waals surface area contributed by atoms with Gasteiger partial charge in [-0.15, -0.1) is 0 Å². The first-order valence-electron chi connectivity index (χ1n) is 9.26. The second-order valence-electron chi connectivity index (χ2n) is 6.33. The second-order valence-corrected chi connectivity index (χ2v) is 6.33. The predicted octanol–water partition coefficient (Wildman–Crippen LogP) is 3.94. The molecule has 0 aromatic heterocycles. The van der Waals surface area contributed by atoms with Crippen LogP contribution in [0.15, 0.2) is 85.4 Å². The number of nitrogens with zero attached hydrogens (tertiary/aromatic N) is 2. The predicted molar refractivity (Wildman–Crippen MR) is 114 cm³/mol. The molecule has 2 rings (SSSR count). The molecular weight excluding hydrogens is 334 g/mol. The van der Waals surface area contributed by atoms with Crippen molar-refractivity contribution in [2.24, 2.45) is 0 Å². The van der Waals surface area contributed by atoms with Crippen molar-refractivity contribution in [3.05, 3.63) is 91.0 Å². The van der Waals surface area contributed by atoms with Crippen LogP contribution in [0.5, 0.6) is 0 Å². The van der Waals surface area contributed by atoms with Gasteiger partial charge in [0.1, 0.15) is 0 Å². The van der Waals surface area contributed by atoms with Gasteiger partial charge < -0.3 is 15.1 Å². The zero-order valence-corrected chi connectivity index (χ0v) is 16.3. The highest BCUT2D eigenvalue weighted by Crippen LogP contribution is 2.21. The number of carbonyl (C=O) groups excluding carboxylic acids is 1. The number of benzene rings is 1. The molecule has 4 nitrogen and oxygen atoms in total. The van der Waals surface area contributed by atoms with Crippen molar-refractivity contribution < 1.29 is 4.79 Å². The molecule has 0 radical (unpaired) electrons. The monoisotopic (exact) mass is 363 g/mol. The van der Waals surface area contributed by atoms with E-state index >= 15 is 0 Å². The number of hydrogen-bond donors (Lipinski definition) is 1. The molecule has 1 N–H and O–H groups in total. The van der Waals surface area contributed by atoms with Gasteiger partial charge in [0.05, 0.1) is 5.70 Å². The topological polar surface area (TPSA) is 35.6 Å². The van der Waals surface area contributed by atoms with Gasteiger partial charge in [-0.25, -0.2) is 0 Å². The van der Waals surface area contributed by atoms with E-state index in [0.717, 1.165) is 37.4 Å². The SMILES string of the molecule is C=C(C(=O)C(/C=C/C)=C/N/C=C/C)N1CCN(C(=C)c2ccccc2)CC1. The van der Waals surface area contributed by atoms with Crippen LogP contribution in [0, 0.1) is 0 Å². The number of ketones is 1. The molecule has 0 amide bonds. The van der Waals surface area contributed by atoms with E-state index in [-0.39, 0.29) is 5.78 Å². The molecule has 0 unspecified atom stereocenters. The van der Waals surface area contributed by atoms with Crippen molar-refractivity contribution in [2.75, 3.05) is 26.2 Å². The van der Waals surface area contributed by atoms with E-state index in [0.29, 0.717) is 11.3 Å². The summed E-state index contributed by atoms with van der Waals surface area (Å²) in [4.78, 5) is 17.1. The highest BCUT2D eigenvalue weighted by atomic mass is 16.1. The minimum atomic E-state index is -0.0551. The van der Waals surface area contributed by atoms with Crippen molar-refractivity contribution in [2.45, 2.75) is 13.8 Å². The average molecular weight is 364 g/mol. The van der Waals surface area contributed by atoms with Gasteiger partial charge >= 0.3 is 0 Å². The van der Waals surface area contributed by atoms with Crippen LogP contribution in [0.1, 0.15) is 19.4 Å². The summed E-state index contributed by atoms with van der Waals surface area (Å²) in [5.74, 6) is -0.0551. The Hall–Kier alpha value is -3.01. The zero-order chi connectivity index (χ0) is 19.6. The van der Waals surface area contributed by atoms with Crippen LogP contribution >= 0.6 is 0 Å². The summed E-state index contributed by atoms with van der Waals surface area (Å²) < 4.78 is 0. The number of carbonyl (C=O) groups is 1. The van der Waals surface area contributed by atoms with Crippen LogP contribution in [-0.4, -0.2) is 41.8 Å². The van der Waals surface area contributed by atoms with Crippen LogP contribution in [0.3, 0.4) is 0 Å². The second kappa shape index (κ2) is 10.2. The average Bonchev–Trinajstić information content (AvgIpc) is 2.72. The highest BCUT2D eigenvalue weighted by molar-refractivity contribution is 6.09. The Kier molecular flexibility index (Phi) is 7.68. The summed E-state index contributed by atoms with van der Waals surface area (Å²) >= 11 is 0. The molecule has 0 aliphatic carbocycles. The quantitative estimate of drug-likeness (QED) is 0.560. The molecule has 1 aromatic carbocycles. The number of piperazine rings is 1. The van der Waals surface area contributed by atoms with Gasteiger partial charge in [0, 0.05) is 43.6 Å². The Bertz CT molecular complexity index is 751. The van der Waals surface area contributed by atoms with E-state index in [1.54, 1.807) is 18.5 Å². The summed E-state index contributed by atoms with van der Waals surface area (Å²) in [5.41, 5.74) is 3.29. The number of Topliss-reactive ketones (excluding diaryl/α,β-unsaturated/α-hetero) is 1. The number of allylic oxidation sites excluding steroid dienone is 4. The molecule has 1 aliphatic rings. The van der Waals surface area contributed by atoms with Gasteiger partial charge in [-0.3, -0.25) is 4.79 Å². The number of hydrogen-bond acceptors (Lipinski definition) is 4. The fourth-order valence-corrected chi connectivity index (χ4v) is 2.97. The van der Waals surface area contributed by atoms with E-state index in [2.05, 4.69) is 40.4 Å². The molecule has 1 heterocycles. The summed E-state index contributed by atoms with van der Waals surface area (Å²) in [6, 6.07) is 10.2. The molecule has 0 saturated carbocycles. The molecular formula is C23H29N3O. The van der Waals surface area contributed by atoms with Crippen molar-refractivity contribution in [1.82, 2.24) is 15.1 Å². The first-order chi connectivity index (χ1) is 13.1. The van der Waals surface area contributed by atoms with Gasteiger partial charge in [0.15, 0.2) is 0 Å². The Morgan fingerprint density at radius 1 is 1.00 bits per heavy atom. The van der Waals surface area contributed by atoms with Gasteiger partial charge in [0.2, 0.25) is 5.78 Å². The number of nitrogens with one attached hydrogen (secondary N) is 1. The van der Waals surface area contributed by atoms with E-state index in [4.69, 9.17) is 0 Å². The van der Waals surface area contributed by atoms with Crippen LogP contribution in [-0.2, 0) is 4.79 Å². The molecule has 4 heteroatoms. The molecule has 0 spiro atoms. The lowest BCUT2D eigenvalue weighted by atomic mass is 10.1. The third kappa shape index (κ3) is 5.48. The largest absolute Gasteiger partial charge is 0.368 e. The highest BCUT2D eigenvalue weighted by Gasteiger charge is 2.23. The fourth-order valence-electron chi connectivity index (χ4n) is 2.97. The van der Waals surface area contributed by atoms with E-state index < -0.39 is 0 Å². The smallest absolute Gasteiger partial charge is 0.209 e. The molecule has 142 valence electrons. The lowest BCUT2D eigenvalue weighted by Gasteiger charge is -2.38. The summed E-state index contributed by atoms with van der Waals surface area (Å²) in [7, 11) is 0. The third-order valence-corrected chi connectivity index (χ3v) is 4.52. The molecule has 1 saturated heterocycles. The maximum atomic E-state index is 12.8. The molecule has 0 bridgehead atoms. The van der Waals surface area contributed by atoms with Crippen LogP contribution < -0.4 is 5.32 Å².